The van der Waals surface area contributed by atoms with Gasteiger partial charge in [0.1, 0.15) is 0 Å². The van der Waals surface area contributed by atoms with Gasteiger partial charge in [-0.3, -0.25) is 11.3 Å². The van der Waals surface area contributed by atoms with Crippen molar-refractivity contribution in [2.45, 2.75) is 10.9 Å². The Morgan fingerprint density at radius 2 is 2.06 bits per heavy atom. The molecule has 2 aromatic rings. The predicted octanol–water partition coefficient (Wildman–Crippen LogP) is 3.81. The number of rotatable bonds is 5. The highest BCUT2D eigenvalue weighted by Gasteiger charge is 2.14. The summed E-state index contributed by atoms with van der Waals surface area (Å²) in [6, 6.07) is 10.5. The zero-order valence-corrected chi connectivity index (χ0v) is 12.3. The van der Waals surface area contributed by atoms with Crippen LogP contribution in [0.15, 0.2) is 50.5 Å². The van der Waals surface area contributed by atoms with E-state index in [2.05, 4.69) is 44.2 Å². The van der Waals surface area contributed by atoms with Gasteiger partial charge in [-0.05, 0) is 39.0 Å². The fourth-order valence-corrected chi connectivity index (χ4v) is 4.08. The minimum atomic E-state index is 0.167. The van der Waals surface area contributed by atoms with Crippen molar-refractivity contribution >= 4 is 39.0 Å². The number of thioether (sulfide) groups is 1. The predicted molar refractivity (Wildman–Crippen MR) is 79.2 cm³/mol. The molecule has 0 amide bonds. The molecule has 1 heterocycles. The molecule has 0 fully saturated rings. The lowest BCUT2D eigenvalue weighted by Crippen LogP contribution is -2.29. The van der Waals surface area contributed by atoms with Crippen molar-refractivity contribution < 1.29 is 0 Å². The Kier molecular flexibility index (Phi) is 5.06. The molecule has 1 atom stereocenters. The first-order valence-electron chi connectivity index (χ1n) is 5.17. The molecular formula is C12H13BrN2S2. The van der Waals surface area contributed by atoms with Crippen LogP contribution in [-0.4, -0.2) is 5.75 Å². The Labute approximate surface area is 118 Å². The molecular weight excluding hydrogens is 316 g/mol. The van der Waals surface area contributed by atoms with Crippen LogP contribution in [0.5, 0.6) is 0 Å². The van der Waals surface area contributed by atoms with Gasteiger partial charge in [-0.1, -0.05) is 18.2 Å². The molecule has 0 saturated heterocycles. The number of hydrogen-bond donors (Lipinski definition) is 2. The summed E-state index contributed by atoms with van der Waals surface area (Å²) in [6.45, 7) is 0. The van der Waals surface area contributed by atoms with Crippen LogP contribution >= 0.6 is 39.0 Å². The van der Waals surface area contributed by atoms with Crippen LogP contribution in [0.2, 0.25) is 0 Å². The van der Waals surface area contributed by atoms with Gasteiger partial charge < -0.3 is 0 Å². The molecule has 1 aromatic heterocycles. The molecule has 0 aliphatic rings. The first kappa shape index (κ1) is 13.1. The lowest BCUT2D eigenvalue weighted by atomic mass is 10.2. The van der Waals surface area contributed by atoms with Gasteiger partial charge >= 0.3 is 0 Å². The highest BCUT2D eigenvalue weighted by molar-refractivity contribution is 9.10. The Hall–Kier alpha value is -0.330. The van der Waals surface area contributed by atoms with Gasteiger partial charge in [-0.15, -0.1) is 11.8 Å². The standard InChI is InChI=1S/C12H13BrN2S2/c13-11-7-16-6-10(11)12(15-14)8-17-9-4-2-1-3-5-9/h1-7,12,15H,8,14H2. The molecule has 17 heavy (non-hydrogen) atoms. The van der Waals surface area contributed by atoms with E-state index < -0.39 is 0 Å². The minimum absolute atomic E-state index is 0.167. The molecule has 3 N–H and O–H groups in total. The number of hydrogen-bond acceptors (Lipinski definition) is 4. The van der Waals surface area contributed by atoms with Gasteiger partial charge in [-0.2, -0.15) is 11.3 Å². The SMILES string of the molecule is NNC(CSc1ccccc1)c1cscc1Br. The van der Waals surface area contributed by atoms with Crippen LogP contribution in [0.25, 0.3) is 0 Å². The summed E-state index contributed by atoms with van der Waals surface area (Å²) in [4.78, 5) is 1.26. The molecule has 90 valence electrons. The fraction of sp³-hybridized carbons (Fsp3) is 0.167. The van der Waals surface area contributed by atoms with Gasteiger partial charge in [0, 0.05) is 20.5 Å². The molecule has 0 radical (unpaired) electrons. The zero-order chi connectivity index (χ0) is 12.1. The molecule has 0 bridgehead atoms. The third-order valence-electron chi connectivity index (χ3n) is 2.38. The monoisotopic (exact) mass is 328 g/mol. The van der Waals surface area contributed by atoms with Gasteiger partial charge in [0.2, 0.25) is 0 Å². The number of nitrogens with two attached hydrogens (primary N) is 1. The number of benzene rings is 1. The fourth-order valence-electron chi connectivity index (χ4n) is 1.46. The van der Waals surface area contributed by atoms with Crippen molar-refractivity contribution in [1.29, 1.82) is 0 Å². The van der Waals surface area contributed by atoms with Crippen LogP contribution < -0.4 is 11.3 Å². The van der Waals surface area contributed by atoms with Gasteiger partial charge in [0.15, 0.2) is 0 Å². The third-order valence-corrected chi connectivity index (χ3v) is 5.24. The average Bonchev–Trinajstić information content (AvgIpc) is 2.78. The summed E-state index contributed by atoms with van der Waals surface area (Å²) in [5, 5.41) is 4.20. The van der Waals surface area contributed by atoms with Crippen LogP contribution in [0.3, 0.4) is 0 Å². The Balaban J connectivity index is 2.00. The van der Waals surface area contributed by atoms with Crippen LogP contribution in [0, 0.1) is 0 Å². The minimum Gasteiger partial charge on any atom is -0.271 e. The van der Waals surface area contributed by atoms with E-state index >= 15 is 0 Å². The topological polar surface area (TPSA) is 38.0 Å². The van der Waals surface area contributed by atoms with E-state index in [0.717, 1.165) is 10.2 Å². The second-order valence-corrected chi connectivity index (χ2v) is 6.21. The maximum absolute atomic E-state index is 5.62. The maximum atomic E-state index is 5.62. The molecule has 0 spiro atoms. The Morgan fingerprint density at radius 1 is 1.29 bits per heavy atom. The molecule has 0 aliphatic carbocycles. The number of thiophene rings is 1. The van der Waals surface area contributed by atoms with Gasteiger partial charge in [-0.25, -0.2) is 0 Å². The first-order chi connectivity index (χ1) is 8.31. The highest BCUT2D eigenvalue weighted by Crippen LogP contribution is 2.30. The number of nitrogens with one attached hydrogen (secondary N) is 1. The normalized spacial score (nSPS) is 12.6. The largest absolute Gasteiger partial charge is 0.271 e. The van der Waals surface area contributed by atoms with E-state index in [0.29, 0.717) is 0 Å². The van der Waals surface area contributed by atoms with E-state index in [9.17, 15) is 0 Å². The van der Waals surface area contributed by atoms with Crippen LogP contribution in [0.4, 0.5) is 0 Å². The van der Waals surface area contributed by atoms with E-state index in [4.69, 9.17) is 5.84 Å². The van der Waals surface area contributed by atoms with Crippen molar-refractivity contribution in [1.82, 2.24) is 5.43 Å². The molecule has 1 unspecified atom stereocenters. The van der Waals surface area contributed by atoms with E-state index in [-0.39, 0.29) is 6.04 Å². The Bertz CT molecular complexity index is 459. The molecule has 5 heteroatoms. The first-order valence-corrected chi connectivity index (χ1v) is 7.89. The number of halogens is 1. The summed E-state index contributed by atoms with van der Waals surface area (Å²) < 4.78 is 1.12. The number of hydrazine groups is 1. The molecule has 1 aromatic carbocycles. The summed E-state index contributed by atoms with van der Waals surface area (Å²) in [5.74, 6) is 6.53. The molecule has 0 saturated carbocycles. The molecule has 2 rings (SSSR count). The summed E-state index contributed by atoms with van der Waals surface area (Å²) in [6.07, 6.45) is 0. The quantitative estimate of drug-likeness (QED) is 0.498. The zero-order valence-electron chi connectivity index (χ0n) is 9.10. The van der Waals surface area contributed by atoms with E-state index in [1.807, 2.05) is 18.2 Å². The molecule has 0 aliphatic heterocycles. The molecule has 2 nitrogen and oxygen atoms in total. The lowest BCUT2D eigenvalue weighted by Gasteiger charge is -2.15. The highest BCUT2D eigenvalue weighted by atomic mass is 79.9. The second kappa shape index (κ2) is 6.56. The lowest BCUT2D eigenvalue weighted by molar-refractivity contribution is 0.610. The maximum Gasteiger partial charge on any atom is 0.0573 e. The van der Waals surface area contributed by atoms with E-state index in [1.54, 1.807) is 23.1 Å². The van der Waals surface area contributed by atoms with Crippen molar-refractivity contribution in [2.75, 3.05) is 5.75 Å². The summed E-state index contributed by atoms with van der Waals surface area (Å²) in [5.41, 5.74) is 4.09. The Morgan fingerprint density at radius 3 is 2.65 bits per heavy atom. The van der Waals surface area contributed by atoms with Gasteiger partial charge in [0.25, 0.3) is 0 Å². The van der Waals surface area contributed by atoms with Crippen molar-refractivity contribution in [3.8, 4) is 0 Å². The third kappa shape index (κ3) is 3.56. The summed E-state index contributed by atoms with van der Waals surface area (Å²) in [7, 11) is 0. The van der Waals surface area contributed by atoms with Crippen molar-refractivity contribution in [3.05, 3.63) is 51.1 Å². The summed E-state index contributed by atoms with van der Waals surface area (Å²) >= 11 is 7.02. The van der Waals surface area contributed by atoms with Crippen molar-refractivity contribution in [3.63, 3.8) is 0 Å². The van der Waals surface area contributed by atoms with Crippen LogP contribution in [0.1, 0.15) is 11.6 Å². The second-order valence-electron chi connectivity index (χ2n) is 3.52. The van der Waals surface area contributed by atoms with Crippen LogP contribution in [-0.2, 0) is 0 Å². The average molecular weight is 329 g/mol. The van der Waals surface area contributed by atoms with Gasteiger partial charge in [0.05, 0.1) is 6.04 Å². The smallest absolute Gasteiger partial charge is 0.0573 e. The van der Waals surface area contributed by atoms with Crippen molar-refractivity contribution in [2.24, 2.45) is 5.84 Å². The van der Waals surface area contributed by atoms with E-state index in [1.165, 1.54) is 10.5 Å².